The summed E-state index contributed by atoms with van der Waals surface area (Å²) >= 11 is 12.2. The van der Waals surface area contributed by atoms with Crippen molar-refractivity contribution >= 4 is 53.8 Å². The monoisotopic (exact) mass is 543 g/mol. The van der Waals surface area contributed by atoms with Gasteiger partial charge in [0.25, 0.3) is 0 Å². The van der Waals surface area contributed by atoms with Crippen LogP contribution in [0.1, 0.15) is 38.2 Å². The van der Waals surface area contributed by atoms with Gasteiger partial charge in [-0.2, -0.15) is 9.97 Å². The van der Waals surface area contributed by atoms with E-state index in [4.69, 9.17) is 53.0 Å². The average Bonchev–Trinajstić information content (AvgIpc) is 3.27. The van der Waals surface area contributed by atoms with Gasteiger partial charge in [-0.15, -0.1) is 0 Å². The van der Waals surface area contributed by atoms with Crippen LogP contribution in [0.3, 0.4) is 0 Å². The van der Waals surface area contributed by atoms with Crippen LogP contribution in [-0.4, -0.2) is 38.1 Å². The zero-order chi connectivity index (χ0) is 25.1. The summed E-state index contributed by atoms with van der Waals surface area (Å²) in [6, 6.07) is 6.65. The number of hydrogen-bond donors (Lipinski definition) is 3. The Morgan fingerprint density at radius 2 is 1.97 bits per heavy atom. The fraction of sp³-hybridized carbons (Fsp3) is 0.429. The summed E-state index contributed by atoms with van der Waals surface area (Å²) in [6.07, 6.45) is -0.638. The summed E-state index contributed by atoms with van der Waals surface area (Å²) in [5.74, 6) is -0.458. The molecule has 0 aliphatic carbocycles. The molecule has 2 fully saturated rings. The Morgan fingerprint density at radius 1 is 1.26 bits per heavy atom. The predicted molar refractivity (Wildman–Crippen MR) is 130 cm³/mol. The largest absolute Gasteiger partial charge is 0.477 e. The molecule has 2 aromatic heterocycles. The van der Waals surface area contributed by atoms with Crippen LogP contribution in [0.4, 0.5) is 11.8 Å². The van der Waals surface area contributed by atoms with Crippen molar-refractivity contribution in [1.29, 1.82) is 0 Å². The van der Waals surface area contributed by atoms with Gasteiger partial charge in [0.1, 0.15) is 17.1 Å². The number of aromatic nitrogens is 3. The van der Waals surface area contributed by atoms with Gasteiger partial charge < -0.3 is 25.9 Å². The van der Waals surface area contributed by atoms with E-state index in [1.807, 2.05) is 0 Å². The minimum atomic E-state index is -4.07. The predicted octanol–water partition coefficient (Wildman–Crippen LogP) is 4.45. The van der Waals surface area contributed by atoms with Gasteiger partial charge in [0.05, 0.1) is 18.1 Å². The number of ether oxygens (including phenoxy) is 1. The van der Waals surface area contributed by atoms with Gasteiger partial charge in [-0.1, -0.05) is 30.1 Å². The molecule has 0 bridgehead atoms. The Kier molecular flexibility index (Phi) is 6.26. The van der Waals surface area contributed by atoms with E-state index in [0.29, 0.717) is 33.1 Å². The normalized spacial score (nSPS) is 33.4. The Labute approximate surface area is 210 Å². The molecule has 5 N–H and O–H groups in total. The van der Waals surface area contributed by atoms with Crippen molar-refractivity contribution in [2.45, 2.75) is 44.5 Å². The first-order valence-electron chi connectivity index (χ1n) is 10.8. The van der Waals surface area contributed by atoms with Crippen molar-refractivity contribution in [1.82, 2.24) is 14.5 Å². The standard InChI is InChI=1S/C21H24Cl2N5O6P/c1-10-18(34-35(30)31-6-4-15(33-35)11-7-12(22)9-13(23)8-11)32-19(21(10,2)29)28-5-3-14-16(24)26-20(25)27-17(14)28/h3,5,7-10,15,18-19,29H,4,6H2,1-2H3,(H4,24,25,26,27)/t10-,15?,18?,19-,21-,35?/m1/s1. The van der Waals surface area contributed by atoms with Crippen LogP contribution in [0, 0.1) is 5.92 Å². The number of phosphoric acid groups is 1. The Bertz CT molecular complexity index is 1320. The molecule has 188 valence electrons. The van der Waals surface area contributed by atoms with E-state index in [0.717, 1.165) is 0 Å². The van der Waals surface area contributed by atoms with E-state index in [-0.39, 0.29) is 18.4 Å². The molecule has 0 spiro atoms. The van der Waals surface area contributed by atoms with Gasteiger partial charge in [-0.3, -0.25) is 13.6 Å². The number of phosphoric ester groups is 1. The highest BCUT2D eigenvalue weighted by molar-refractivity contribution is 7.48. The fourth-order valence-electron chi connectivity index (χ4n) is 4.29. The third-order valence-electron chi connectivity index (χ3n) is 6.34. The lowest BCUT2D eigenvalue weighted by molar-refractivity contribution is -0.138. The summed E-state index contributed by atoms with van der Waals surface area (Å²) in [7, 11) is -4.07. The molecule has 2 aliphatic rings. The van der Waals surface area contributed by atoms with Gasteiger partial charge in [0, 0.05) is 28.6 Å². The SMILES string of the molecule is C[C@@H]1C(OP2(=O)OCCC(c3cc(Cl)cc(Cl)c3)O2)O[C@@H](n2ccc3c(N)nc(N)nc32)[C@]1(C)O. The third kappa shape index (κ3) is 4.52. The molecule has 0 saturated carbocycles. The third-order valence-corrected chi connectivity index (χ3v) is 8.25. The molecule has 0 amide bonds. The molecule has 3 unspecified atom stereocenters. The van der Waals surface area contributed by atoms with E-state index in [1.54, 1.807) is 48.9 Å². The molecule has 3 aromatic rings. The highest BCUT2D eigenvalue weighted by atomic mass is 35.5. The second-order valence-electron chi connectivity index (χ2n) is 8.77. The molecule has 14 heteroatoms. The van der Waals surface area contributed by atoms with Crippen LogP contribution < -0.4 is 11.5 Å². The topological polar surface area (TPSA) is 157 Å². The van der Waals surface area contributed by atoms with E-state index < -0.39 is 38.0 Å². The first-order valence-corrected chi connectivity index (χ1v) is 13.0. The van der Waals surface area contributed by atoms with Crippen molar-refractivity contribution in [2.75, 3.05) is 18.1 Å². The zero-order valence-electron chi connectivity index (χ0n) is 18.8. The number of nitrogens with zero attached hydrogens (tertiary/aromatic N) is 3. The highest BCUT2D eigenvalue weighted by Crippen LogP contribution is 2.60. The van der Waals surface area contributed by atoms with E-state index >= 15 is 0 Å². The second-order valence-corrected chi connectivity index (χ2v) is 11.2. The number of anilines is 2. The van der Waals surface area contributed by atoms with Gasteiger partial charge in [0.15, 0.2) is 12.5 Å². The second kappa shape index (κ2) is 8.86. The highest BCUT2D eigenvalue weighted by Gasteiger charge is 2.55. The maximum absolute atomic E-state index is 13.4. The van der Waals surface area contributed by atoms with Crippen molar-refractivity contribution in [3.8, 4) is 0 Å². The molecular weight excluding hydrogens is 520 g/mol. The number of hydrogen-bond acceptors (Lipinski definition) is 10. The van der Waals surface area contributed by atoms with Crippen LogP contribution in [0.5, 0.6) is 0 Å². The van der Waals surface area contributed by atoms with Crippen LogP contribution in [0.25, 0.3) is 11.0 Å². The molecule has 35 heavy (non-hydrogen) atoms. The minimum Gasteiger partial charge on any atom is -0.385 e. The lowest BCUT2D eigenvalue weighted by Gasteiger charge is -2.31. The molecule has 2 aliphatic heterocycles. The Hall–Kier alpha value is -1.95. The smallest absolute Gasteiger partial charge is 0.385 e. The summed E-state index contributed by atoms with van der Waals surface area (Å²) in [6.45, 7) is 3.41. The van der Waals surface area contributed by atoms with Gasteiger partial charge in [0.2, 0.25) is 5.95 Å². The van der Waals surface area contributed by atoms with Crippen LogP contribution in [-0.2, 0) is 22.9 Å². The Balaban J connectivity index is 1.40. The van der Waals surface area contributed by atoms with Crippen LogP contribution in [0.15, 0.2) is 30.5 Å². The van der Waals surface area contributed by atoms with Crippen molar-refractivity contribution in [3.05, 3.63) is 46.1 Å². The number of nitrogens with two attached hydrogens (primary N) is 2. The summed E-state index contributed by atoms with van der Waals surface area (Å²) < 4.78 is 38.0. The average molecular weight is 544 g/mol. The molecule has 2 saturated heterocycles. The maximum Gasteiger partial charge on any atom is 0.477 e. The molecule has 11 nitrogen and oxygen atoms in total. The van der Waals surface area contributed by atoms with Gasteiger partial charge in [-0.25, -0.2) is 4.57 Å². The lowest BCUT2D eigenvalue weighted by atomic mass is 9.91. The molecule has 4 heterocycles. The Morgan fingerprint density at radius 3 is 2.69 bits per heavy atom. The first kappa shape index (κ1) is 24.7. The van der Waals surface area contributed by atoms with E-state index in [1.165, 1.54) is 0 Å². The van der Waals surface area contributed by atoms with Gasteiger partial charge >= 0.3 is 7.82 Å². The molecule has 0 radical (unpaired) electrons. The lowest BCUT2D eigenvalue weighted by Crippen LogP contribution is -2.38. The molecule has 6 atom stereocenters. The molecular formula is C21H24Cl2N5O6P. The molecule has 5 rings (SSSR count). The summed E-state index contributed by atoms with van der Waals surface area (Å²) in [5, 5.41) is 12.7. The van der Waals surface area contributed by atoms with Crippen molar-refractivity contribution < 1.29 is 28.0 Å². The zero-order valence-corrected chi connectivity index (χ0v) is 21.2. The van der Waals surface area contributed by atoms with Crippen LogP contribution >= 0.6 is 31.0 Å². The number of rotatable bonds is 4. The van der Waals surface area contributed by atoms with E-state index in [2.05, 4.69) is 9.97 Å². The molecule has 1 aromatic carbocycles. The summed E-state index contributed by atoms with van der Waals surface area (Å²) in [4.78, 5) is 8.19. The first-order chi connectivity index (χ1) is 16.5. The van der Waals surface area contributed by atoms with Crippen LogP contribution in [0.2, 0.25) is 10.0 Å². The minimum absolute atomic E-state index is 0.0194. The quantitative estimate of drug-likeness (QED) is 0.401. The van der Waals surface area contributed by atoms with E-state index in [9.17, 15) is 9.67 Å². The number of halogens is 2. The van der Waals surface area contributed by atoms with Crippen molar-refractivity contribution in [3.63, 3.8) is 0 Å². The number of benzene rings is 1. The maximum atomic E-state index is 13.4. The number of nitrogen functional groups attached to an aromatic ring is 2. The summed E-state index contributed by atoms with van der Waals surface area (Å²) in [5.41, 5.74) is 11.3. The van der Waals surface area contributed by atoms with Gasteiger partial charge in [-0.05, 0) is 36.8 Å². The number of fused-ring (bicyclic) bond motifs is 1. The van der Waals surface area contributed by atoms with Crippen molar-refractivity contribution in [2.24, 2.45) is 5.92 Å². The fourth-order valence-corrected chi connectivity index (χ4v) is 6.36. The number of aliphatic hydroxyl groups is 1.